The minimum Gasteiger partial charge on any atom is -0.481 e. The van der Waals surface area contributed by atoms with E-state index >= 15 is 0 Å². The van der Waals surface area contributed by atoms with Gasteiger partial charge in [-0.2, -0.15) is 0 Å². The third kappa shape index (κ3) is 5.62. The average molecular weight is 430 g/mol. The van der Waals surface area contributed by atoms with E-state index in [4.69, 9.17) is 0 Å². The van der Waals surface area contributed by atoms with Crippen molar-refractivity contribution < 1.29 is 22.7 Å². The van der Waals surface area contributed by atoms with Gasteiger partial charge < -0.3 is 5.11 Å². The van der Waals surface area contributed by atoms with Gasteiger partial charge in [0.1, 0.15) is 5.82 Å². The maximum atomic E-state index is 13.0. The van der Waals surface area contributed by atoms with Crippen LogP contribution in [0.4, 0.5) is 4.39 Å². The molecule has 0 heterocycles. The molecule has 134 valence electrons. The molecule has 0 spiro atoms. The van der Waals surface area contributed by atoms with Crippen LogP contribution in [0.2, 0.25) is 0 Å². The molecule has 0 amide bonds. The van der Waals surface area contributed by atoms with Crippen LogP contribution in [0.15, 0.2) is 46.9 Å². The monoisotopic (exact) mass is 429 g/mol. The summed E-state index contributed by atoms with van der Waals surface area (Å²) >= 11 is 3.32. The minimum absolute atomic E-state index is 0.248. The van der Waals surface area contributed by atoms with Crippen LogP contribution in [-0.2, 0) is 20.6 Å². The summed E-state index contributed by atoms with van der Waals surface area (Å²) in [6.45, 7) is 1.49. The van der Waals surface area contributed by atoms with E-state index in [1.165, 1.54) is 12.1 Å². The second-order valence-electron chi connectivity index (χ2n) is 5.62. The average Bonchev–Trinajstić information content (AvgIpc) is 2.51. The molecule has 1 unspecified atom stereocenters. The van der Waals surface area contributed by atoms with Gasteiger partial charge in [0.25, 0.3) is 0 Å². The molecule has 1 atom stereocenters. The fraction of sp³-hybridized carbons (Fsp3) is 0.235. The molecule has 0 aliphatic heterocycles. The van der Waals surface area contributed by atoms with Crippen molar-refractivity contribution in [2.75, 3.05) is 6.54 Å². The molecule has 0 aliphatic rings. The fourth-order valence-corrected chi connectivity index (χ4v) is 4.06. The van der Waals surface area contributed by atoms with Crippen LogP contribution in [0, 0.1) is 12.7 Å². The third-order valence-corrected chi connectivity index (χ3v) is 5.52. The Labute approximate surface area is 154 Å². The first-order valence-corrected chi connectivity index (χ1v) is 9.83. The van der Waals surface area contributed by atoms with Crippen LogP contribution < -0.4 is 4.72 Å². The highest BCUT2D eigenvalue weighted by Gasteiger charge is 2.23. The zero-order chi connectivity index (χ0) is 18.6. The molecule has 8 heteroatoms. The van der Waals surface area contributed by atoms with Crippen molar-refractivity contribution >= 4 is 31.9 Å². The molecule has 2 rings (SSSR count). The predicted octanol–water partition coefficient (Wildman–Crippen LogP) is 3.18. The number of carboxylic acids is 1. The fourth-order valence-electron chi connectivity index (χ4n) is 2.33. The predicted molar refractivity (Wildman–Crippen MR) is 96.3 cm³/mol. The van der Waals surface area contributed by atoms with E-state index < -0.39 is 27.7 Å². The summed E-state index contributed by atoms with van der Waals surface area (Å²) < 4.78 is 40.7. The first kappa shape index (κ1) is 19.6. The molecule has 2 aromatic carbocycles. The number of sulfonamides is 1. The topological polar surface area (TPSA) is 83.5 Å². The molecule has 5 nitrogen and oxygen atoms in total. The van der Waals surface area contributed by atoms with Crippen LogP contribution in [0.3, 0.4) is 0 Å². The number of carbonyl (C=O) groups is 1. The Bertz CT molecular complexity index is 869. The molecule has 0 fully saturated rings. The molecule has 0 saturated heterocycles. The summed E-state index contributed by atoms with van der Waals surface area (Å²) in [5, 5.41) is 9.32. The van der Waals surface area contributed by atoms with Gasteiger partial charge in [0.05, 0.1) is 11.7 Å². The molecule has 2 N–H and O–H groups in total. The number of benzene rings is 2. The standard InChI is InChI=1S/C17H17BrFNO4S/c1-11-8-14(18)5-2-13(11)10-25(23,24)20-9-16(17(21)22)12-3-6-15(19)7-4-12/h2-8,16,20H,9-10H2,1H3,(H,21,22). The van der Waals surface area contributed by atoms with E-state index in [-0.39, 0.29) is 12.3 Å². The lowest BCUT2D eigenvalue weighted by molar-refractivity contribution is -0.138. The lowest BCUT2D eigenvalue weighted by Crippen LogP contribution is -2.32. The van der Waals surface area contributed by atoms with E-state index in [0.717, 1.165) is 22.2 Å². The van der Waals surface area contributed by atoms with Gasteiger partial charge in [0.2, 0.25) is 10.0 Å². The summed E-state index contributed by atoms with van der Waals surface area (Å²) in [5.74, 6) is -3.02. The number of hydrogen-bond acceptors (Lipinski definition) is 3. The molecule has 2 aromatic rings. The molecule has 0 saturated carbocycles. The quantitative estimate of drug-likeness (QED) is 0.707. The van der Waals surface area contributed by atoms with Crippen LogP contribution in [0.1, 0.15) is 22.6 Å². The van der Waals surface area contributed by atoms with E-state index in [1.54, 1.807) is 19.1 Å². The van der Waals surface area contributed by atoms with Crippen molar-refractivity contribution in [1.82, 2.24) is 4.72 Å². The number of halogens is 2. The maximum absolute atomic E-state index is 13.0. The Morgan fingerprint density at radius 3 is 2.44 bits per heavy atom. The number of aliphatic carboxylic acids is 1. The molecule has 0 radical (unpaired) electrons. The Balaban J connectivity index is 2.10. The van der Waals surface area contributed by atoms with E-state index in [2.05, 4.69) is 20.7 Å². The van der Waals surface area contributed by atoms with Crippen LogP contribution >= 0.6 is 15.9 Å². The first-order valence-electron chi connectivity index (χ1n) is 7.38. The first-order chi connectivity index (χ1) is 11.7. The molecule has 0 aromatic heterocycles. The van der Waals surface area contributed by atoms with Gasteiger partial charge in [0, 0.05) is 11.0 Å². The van der Waals surface area contributed by atoms with Gasteiger partial charge in [-0.3, -0.25) is 4.79 Å². The SMILES string of the molecule is Cc1cc(Br)ccc1CS(=O)(=O)NCC(C(=O)O)c1ccc(F)cc1. The highest BCUT2D eigenvalue weighted by Crippen LogP contribution is 2.19. The van der Waals surface area contributed by atoms with Crippen LogP contribution in [0.25, 0.3) is 0 Å². The van der Waals surface area contributed by atoms with Gasteiger partial charge in [-0.25, -0.2) is 17.5 Å². The normalized spacial score (nSPS) is 12.8. The lowest BCUT2D eigenvalue weighted by atomic mass is 10.00. The van der Waals surface area contributed by atoms with Crippen molar-refractivity contribution in [3.63, 3.8) is 0 Å². The van der Waals surface area contributed by atoms with Crippen molar-refractivity contribution in [3.05, 3.63) is 69.4 Å². The Morgan fingerprint density at radius 1 is 1.24 bits per heavy atom. The van der Waals surface area contributed by atoms with Gasteiger partial charge in [0.15, 0.2) is 0 Å². The summed E-state index contributed by atoms with van der Waals surface area (Å²) in [4.78, 5) is 11.4. The maximum Gasteiger partial charge on any atom is 0.312 e. The summed E-state index contributed by atoms with van der Waals surface area (Å²) in [6, 6.07) is 10.2. The van der Waals surface area contributed by atoms with Gasteiger partial charge >= 0.3 is 5.97 Å². The van der Waals surface area contributed by atoms with Crippen LogP contribution in [-0.4, -0.2) is 26.0 Å². The van der Waals surface area contributed by atoms with E-state index in [0.29, 0.717) is 11.1 Å². The van der Waals surface area contributed by atoms with Gasteiger partial charge in [-0.05, 0) is 47.9 Å². The van der Waals surface area contributed by atoms with Crippen molar-refractivity contribution in [3.8, 4) is 0 Å². The largest absolute Gasteiger partial charge is 0.481 e. The summed E-state index contributed by atoms with van der Waals surface area (Å²) in [7, 11) is -3.72. The molecular formula is C17H17BrFNO4S. The molecular weight excluding hydrogens is 413 g/mol. The summed E-state index contributed by atoms with van der Waals surface area (Å²) in [6.07, 6.45) is 0. The summed E-state index contributed by atoms with van der Waals surface area (Å²) in [5.41, 5.74) is 1.77. The second kappa shape index (κ2) is 8.07. The number of rotatable bonds is 7. The Hall–Kier alpha value is -1.77. The highest BCUT2D eigenvalue weighted by atomic mass is 79.9. The lowest BCUT2D eigenvalue weighted by Gasteiger charge is -2.15. The number of aryl methyl sites for hydroxylation is 1. The second-order valence-corrected chi connectivity index (χ2v) is 8.34. The number of hydrogen-bond donors (Lipinski definition) is 2. The van der Waals surface area contributed by atoms with Crippen molar-refractivity contribution in [1.29, 1.82) is 0 Å². The third-order valence-electron chi connectivity index (χ3n) is 3.73. The number of nitrogens with one attached hydrogen (secondary N) is 1. The number of carboxylic acid groups (broad SMARTS) is 1. The van der Waals surface area contributed by atoms with Crippen LogP contribution in [0.5, 0.6) is 0 Å². The highest BCUT2D eigenvalue weighted by molar-refractivity contribution is 9.10. The van der Waals surface area contributed by atoms with E-state index in [9.17, 15) is 22.7 Å². The molecule has 0 aliphatic carbocycles. The smallest absolute Gasteiger partial charge is 0.312 e. The Morgan fingerprint density at radius 2 is 1.88 bits per heavy atom. The Kier molecular flexibility index (Phi) is 6.31. The van der Waals surface area contributed by atoms with Crippen molar-refractivity contribution in [2.45, 2.75) is 18.6 Å². The van der Waals surface area contributed by atoms with Gasteiger partial charge in [-0.1, -0.05) is 34.1 Å². The molecule has 0 bridgehead atoms. The zero-order valence-corrected chi connectivity index (χ0v) is 15.8. The van der Waals surface area contributed by atoms with Gasteiger partial charge in [-0.15, -0.1) is 0 Å². The molecule has 25 heavy (non-hydrogen) atoms. The van der Waals surface area contributed by atoms with Crippen molar-refractivity contribution in [2.24, 2.45) is 0 Å². The zero-order valence-electron chi connectivity index (χ0n) is 13.4. The minimum atomic E-state index is -3.72. The van der Waals surface area contributed by atoms with E-state index in [1.807, 2.05) is 6.07 Å².